The average molecular weight is 303 g/mol. The van der Waals surface area contributed by atoms with Crippen molar-refractivity contribution < 1.29 is 22.7 Å². The fourth-order valence-electron chi connectivity index (χ4n) is 1.22. The Hall–Kier alpha value is -2.07. The number of nitrogens with one attached hydrogen (secondary N) is 1. The number of sulfonamides is 1. The first-order valence-electron chi connectivity index (χ1n) is 4.72. The molecule has 2 aromatic rings. The van der Waals surface area contributed by atoms with Gasteiger partial charge in [-0.05, 0) is 12.1 Å². The highest BCUT2D eigenvalue weighted by Crippen LogP contribution is 2.22. The van der Waals surface area contributed by atoms with Crippen molar-refractivity contribution in [3.05, 3.63) is 35.4 Å². The standard InChI is InChI=1S/C9H6FN3O4S2/c10-5-2-1-3-6(12-5)13-19(16,17)9-7(8(14)15)11-4-18-9/h1-4H,(H,12,13)(H,14,15). The highest BCUT2D eigenvalue weighted by molar-refractivity contribution is 7.94. The number of rotatable bonds is 4. The molecular formula is C9H6FN3O4S2. The molecule has 2 aromatic heterocycles. The third-order valence-corrected chi connectivity index (χ3v) is 4.66. The predicted molar refractivity (Wildman–Crippen MR) is 64.1 cm³/mol. The Labute approximate surface area is 110 Å². The zero-order valence-electron chi connectivity index (χ0n) is 9.07. The first-order chi connectivity index (χ1) is 8.90. The van der Waals surface area contributed by atoms with Crippen molar-refractivity contribution in [2.45, 2.75) is 4.21 Å². The Morgan fingerprint density at radius 2 is 2.16 bits per heavy atom. The van der Waals surface area contributed by atoms with Crippen LogP contribution in [0.15, 0.2) is 27.9 Å². The lowest BCUT2D eigenvalue weighted by Gasteiger charge is -2.05. The molecule has 0 fully saturated rings. The first kappa shape index (κ1) is 13.4. The van der Waals surface area contributed by atoms with Crippen LogP contribution in [0.4, 0.5) is 10.2 Å². The van der Waals surface area contributed by atoms with Gasteiger partial charge < -0.3 is 5.11 Å². The second kappa shape index (κ2) is 4.90. The van der Waals surface area contributed by atoms with Gasteiger partial charge in [-0.2, -0.15) is 4.39 Å². The minimum atomic E-state index is -4.17. The molecule has 2 N–H and O–H groups in total. The van der Waals surface area contributed by atoms with Gasteiger partial charge in [-0.1, -0.05) is 6.07 Å². The van der Waals surface area contributed by atoms with Crippen LogP contribution < -0.4 is 4.72 Å². The van der Waals surface area contributed by atoms with E-state index < -0.39 is 31.8 Å². The number of anilines is 1. The summed E-state index contributed by atoms with van der Waals surface area (Å²) in [5, 5.41) is 8.80. The maximum Gasteiger partial charge on any atom is 0.356 e. The summed E-state index contributed by atoms with van der Waals surface area (Å²) in [6.07, 6.45) is 0. The van der Waals surface area contributed by atoms with Gasteiger partial charge in [-0.25, -0.2) is 23.2 Å². The van der Waals surface area contributed by atoms with Gasteiger partial charge in [0.1, 0.15) is 5.82 Å². The molecule has 0 aliphatic heterocycles. The van der Waals surface area contributed by atoms with Crippen molar-refractivity contribution in [1.29, 1.82) is 0 Å². The van der Waals surface area contributed by atoms with Gasteiger partial charge in [0, 0.05) is 0 Å². The van der Waals surface area contributed by atoms with Crippen LogP contribution in [0, 0.1) is 5.95 Å². The molecule has 0 amide bonds. The largest absolute Gasteiger partial charge is 0.476 e. The predicted octanol–water partition coefficient (Wildman–Crippen LogP) is 1.18. The van der Waals surface area contributed by atoms with E-state index in [0.717, 1.165) is 11.6 Å². The SMILES string of the molecule is O=C(O)c1ncsc1S(=O)(=O)Nc1cccc(F)n1. The Morgan fingerprint density at radius 1 is 1.42 bits per heavy atom. The van der Waals surface area contributed by atoms with Crippen molar-refractivity contribution in [3.8, 4) is 0 Å². The molecule has 2 heterocycles. The molecule has 0 saturated heterocycles. The lowest BCUT2D eigenvalue weighted by Crippen LogP contribution is -2.16. The van der Waals surface area contributed by atoms with Gasteiger partial charge in [0.2, 0.25) is 5.95 Å². The van der Waals surface area contributed by atoms with Crippen molar-refractivity contribution >= 4 is 33.1 Å². The molecule has 2 rings (SSSR count). The van der Waals surface area contributed by atoms with Gasteiger partial charge in [0.15, 0.2) is 9.90 Å². The zero-order chi connectivity index (χ0) is 14.0. The molecule has 0 spiro atoms. The molecular weight excluding hydrogens is 297 g/mol. The second-order valence-corrected chi connectivity index (χ2v) is 5.98. The monoisotopic (exact) mass is 303 g/mol. The summed E-state index contributed by atoms with van der Waals surface area (Å²) in [6.45, 7) is 0. The van der Waals surface area contributed by atoms with Crippen molar-refractivity contribution in [2.75, 3.05) is 4.72 Å². The molecule has 7 nitrogen and oxygen atoms in total. The number of carbonyl (C=O) groups is 1. The smallest absolute Gasteiger partial charge is 0.356 e. The Morgan fingerprint density at radius 3 is 2.79 bits per heavy atom. The minimum absolute atomic E-state index is 0.246. The Bertz CT molecular complexity index is 729. The van der Waals surface area contributed by atoms with E-state index in [1.807, 2.05) is 4.72 Å². The number of aromatic nitrogens is 2. The van der Waals surface area contributed by atoms with Crippen molar-refractivity contribution in [3.63, 3.8) is 0 Å². The van der Waals surface area contributed by atoms with Gasteiger partial charge in [0.25, 0.3) is 10.0 Å². The third kappa shape index (κ3) is 2.85. The van der Waals surface area contributed by atoms with E-state index in [-0.39, 0.29) is 5.82 Å². The normalized spacial score (nSPS) is 11.2. The summed E-state index contributed by atoms with van der Waals surface area (Å²) in [4.78, 5) is 17.6. The fourth-order valence-corrected chi connectivity index (χ4v) is 3.36. The fraction of sp³-hybridized carbons (Fsp3) is 0. The van der Waals surface area contributed by atoms with Crippen LogP contribution in [0.1, 0.15) is 10.5 Å². The van der Waals surface area contributed by atoms with E-state index in [9.17, 15) is 17.6 Å². The van der Waals surface area contributed by atoms with E-state index >= 15 is 0 Å². The number of aromatic carboxylic acids is 1. The highest BCUT2D eigenvalue weighted by atomic mass is 32.2. The number of thiazole rings is 1. The average Bonchev–Trinajstić information content (AvgIpc) is 2.77. The molecule has 0 radical (unpaired) electrons. The summed E-state index contributed by atoms with van der Waals surface area (Å²) in [7, 11) is -4.17. The van der Waals surface area contributed by atoms with Gasteiger partial charge in [-0.15, -0.1) is 11.3 Å². The Kier molecular flexibility index (Phi) is 3.44. The minimum Gasteiger partial charge on any atom is -0.476 e. The van der Waals surface area contributed by atoms with Crippen molar-refractivity contribution in [2.24, 2.45) is 0 Å². The van der Waals surface area contributed by atoms with Gasteiger partial charge >= 0.3 is 5.97 Å². The van der Waals surface area contributed by atoms with E-state index in [1.54, 1.807) is 0 Å². The van der Waals surface area contributed by atoms with E-state index in [1.165, 1.54) is 12.1 Å². The molecule has 0 aliphatic rings. The van der Waals surface area contributed by atoms with Gasteiger partial charge in [-0.3, -0.25) is 4.72 Å². The van der Waals surface area contributed by atoms with E-state index in [0.29, 0.717) is 11.3 Å². The number of pyridine rings is 1. The zero-order valence-corrected chi connectivity index (χ0v) is 10.7. The molecule has 19 heavy (non-hydrogen) atoms. The lowest BCUT2D eigenvalue weighted by atomic mass is 10.5. The molecule has 0 aliphatic carbocycles. The van der Waals surface area contributed by atoms with Crippen LogP contribution in [0.5, 0.6) is 0 Å². The molecule has 10 heteroatoms. The summed E-state index contributed by atoms with van der Waals surface area (Å²) in [5.41, 5.74) is 0.505. The van der Waals surface area contributed by atoms with Crippen LogP contribution in [0.2, 0.25) is 0 Å². The Balaban J connectivity index is 2.38. The number of carboxylic acid groups (broad SMARTS) is 1. The second-order valence-electron chi connectivity index (χ2n) is 3.24. The van der Waals surface area contributed by atoms with Crippen LogP contribution in [-0.2, 0) is 10.0 Å². The molecule has 0 unspecified atom stereocenters. The number of halogens is 1. The molecule has 0 bridgehead atoms. The lowest BCUT2D eigenvalue weighted by molar-refractivity contribution is 0.0687. The molecule has 0 saturated carbocycles. The van der Waals surface area contributed by atoms with E-state index in [4.69, 9.17) is 5.11 Å². The molecule has 0 aromatic carbocycles. The van der Waals surface area contributed by atoms with Gasteiger partial charge in [0.05, 0.1) is 5.51 Å². The number of hydrogen-bond acceptors (Lipinski definition) is 6. The maximum atomic E-state index is 12.8. The van der Waals surface area contributed by atoms with Crippen LogP contribution in [-0.4, -0.2) is 29.5 Å². The number of hydrogen-bond donors (Lipinski definition) is 2. The number of nitrogens with zero attached hydrogens (tertiary/aromatic N) is 2. The van der Waals surface area contributed by atoms with E-state index in [2.05, 4.69) is 9.97 Å². The molecule has 0 atom stereocenters. The topological polar surface area (TPSA) is 109 Å². The molecule has 100 valence electrons. The summed E-state index contributed by atoms with van der Waals surface area (Å²) in [5.74, 6) is -2.57. The van der Waals surface area contributed by atoms with Crippen molar-refractivity contribution in [1.82, 2.24) is 9.97 Å². The van der Waals surface area contributed by atoms with Crippen LogP contribution in [0.3, 0.4) is 0 Å². The third-order valence-electron chi connectivity index (χ3n) is 1.94. The number of carboxylic acids is 1. The van der Waals surface area contributed by atoms with Crippen LogP contribution >= 0.6 is 11.3 Å². The summed E-state index contributed by atoms with van der Waals surface area (Å²) in [6, 6.07) is 3.56. The first-order valence-corrected chi connectivity index (χ1v) is 7.08. The maximum absolute atomic E-state index is 12.8. The van der Waals surface area contributed by atoms with Crippen LogP contribution in [0.25, 0.3) is 0 Å². The summed E-state index contributed by atoms with van der Waals surface area (Å²) >= 11 is 0.644. The highest BCUT2D eigenvalue weighted by Gasteiger charge is 2.26. The quantitative estimate of drug-likeness (QED) is 0.821. The summed E-state index contributed by atoms with van der Waals surface area (Å²) < 4.78 is 38.2.